The minimum Gasteiger partial charge on any atom is -0.464 e. The Morgan fingerprint density at radius 2 is 2.00 bits per heavy atom. The van der Waals surface area contributed by atoms with Crippen LogP contribution in [0.2, 0.25) is 0 Å². The number of esters is 2. The van der Waals surface area contributed by atoms with Gasteiger partial charge in [-0.2, -0.15) is 0 Å². The average molecular weight is 347 g/mol. The van der Waals surface area contributed by atoms with Crippen LogP contribution in [-0.2, 0) is 38.4 Å². The first kappa shape index (κ1) is 17.4. The van der Waals surface area contributed by atoms with Gasteiger partial charge < -0.3 is 14.2 Å². The molecule has 9 nitrogen and oxygen atoms in total. The molecule has 2 aliphatic rings. The van der Waals surface area contributed by atoms with Crippen LogP contribution in [0.25, 0.3) is 0 Å². The fourth-order valence-electron chi connectivity index (χ4n) is 2.56. The molecule has 0 aliphatic carbocycles. The molecule has 2 atom stereocenters. The number of carbonyl (C=O) groups is 3. The van der Waals surface area contributed by atoms with Gasteiger partial charge >= 0.3 is 11.9 Å². The van der Waals surface area contributed by atoms with Crippen LogP contribution in [0.15, 0.2) is 11.3 Å². The number of fused-ring (bicyclic) bond motifs is 1. The Labute approximate surface area is 133 Å². The summed E-state index contributed by atoms with van der Waals surface area (Å²) in [6, 6.07) is 0. The maximum absolute atomic E-state index is 12.4. The van der Waals surface area contributed by atoms with Gasteiger partial charge in [0.2, 0.25) is 0 Å². The number of amides is 1. The van der Waals surface area contributed by atoms with E-state index in [2.05, 4.69) is 4.74 Å². The second kappa shape index (κ2) is 6.28. The molecule has 0 aromatic heterocycles. The van der Waals surface area contributed by atoms with Gasteiger partial charge in [0.1, 0.15) is 12.3 Å². The lowest BCUT2D eigenvalue weighted by atomic mass is 10.1. The van der Waals surface area contributed by atoms with Gasteiger partial charge in [0.15, 0.2) is 21.3 Å². The number of ether oxygens (including phenoxy) is 3. The van der Waals surface area contributed by atoms with E-state index in [-0.39, 0.29) is 17.9 Å². The highest BCUT2D eigenvalue weighted by Gasteiger charge is 2.60. The van der Waals surface area contributed by atoms with Crippen LogP contribution in [0.4, 0.5) is 0 Å². The molecule has 10 heteroatoms. The molecule has 23 heavy (non-hydrogen) atoms. The van der Waals surface area contributed by atoms with Crippen LogP contribution < -0.4 is 0 Å². The molecule has 0 aromatic carbocycles. The van der Waals surface area contributed by atoms with Crippen molar-refractivity contribution >= 4 is 27.7 Å². The number of β-lactam (4-membered cyclic amide) rings is 1. The fourth-order valence-corrected chi connectivity index (χ4v) is 4.54. The summed E-state index contributed by atoms with van der Waals surface area (Å²) in [6.07, 6.45) is -1.14. The van der Waals surface area contributed by atoms with Gasteiger partial charge in [-0.05, 0) is 6.92 Å². The van der Waals surface area contributed by atoms with Crippen LogP contribution in [0.3, 0.4) is 0 Å². The van der Waals surface area contributed by atoms with Gasteiger partial charge in [-0.1, -0.05) is 0 Å². The Hall–Kier alpha value is -1.94. The predicted molar refractivity (Wildman–Crippen MR) is 75.5 cm³/mol. The van der Waals surface area contributed by atoms with Crippen LogP contribution in [-0.4, -0.2) is 68.7 Å². The van der Waals surface area contributed by atoms with Crippen molar-refractivity contribution in [1.29, 1.82) is 0 Å². The molecule has 0 aromatic rings. The van der Waals surface area contributed by atoms with E-state index in [4.69, 9.17) is 9.47 Å². The zero-order valence-electron chi connectivity index (χ0n) is 12.9. The van der Waals surface area contributed by atoms with Gasteiger partial charge in [0.25, 0.3) is 5.91 Å². The summed E-state index contributed by atoms with van der Waals surface area (Å²) in [4.78, 5) is 36.0. The number of methoxy groups -OCH3 is 1. The molecular formula is C13H17NO8S. The molecule has 0 radical (unpaired) electrons. The van der Waals surface area contributed by atoms with Crippen molar-refractivity contribution in [3.8, 4) is 0 Å². The highest BCUT2D eigenvalue weighted by molar-refractivity contribution is 7.92. The maximum atomic E-state index is 12.4. The van der Waals surface area contributed by atoms with Gasteiger partial charge in [-0.15, -0.1) is 0 Å². The topological polar surface area (TPSA) is 116 Å². The molecule has 1 saturated heterocycles. The van der Waals surface area contributed by atoms with Crippen molar-refractivity contribution in [2.75, 3.05) is 26.1 Å². The monoisotopic (exact) mass is 347 g/mol. The van der Waals surface area contributed by atoms with E-state index in [1.807, 2.05) is 0 Å². The zero-order chi connectivity index (χ0) is 17.4. The number of rotatable bonds is 5. The molecule has 1 amide bonds. The van der Waals surface area contributed by atoms with Crippen molar-refractivity contribution in [3.63, 3.8) is 0 Å². The van der Waals surface area contributed by atoms with Gasteiger partial charge in [0.05, 0.1) is 12.9 Å². The van der Waals surface area contributed by atoms with Crippen molar-refractivity contribution < 1.29 is 37.0 Å². The van der Waals surface area contributed by atoms with E-state index < -0.39 is 51.5 Å². The molecule has 128 valence electrons. The van der Waals surface area contributed by atoms with Crippen molar-refractivity contribution in [2.24, 2.45) is 0 Å². The van der Waals surface area contributed by atoms with E-state index in [0.29, 0.717) is 0 Å². The number of sulfone groups is 1. The van der Waals surface area contributed by atoms with E-state index in [9.17, 15) is 22.8 Å². The third-order valence-corrected chi connectivity index (χ3v) is 5.43. The third-order valence-electron chi connectivity index (χ3n) is 3.49. The van der Waals surface area contributed by atoms with E-state index in [0.717, 1.165) is 18.9 Å². The highest BCUT2D eigenvalue weighted by atomic mass is 32.2. The Morgan fingerprint density at radius 3 is 2.52 bits per heavy atom. The zero-order valence-corrected chi connectivity index (χ0v) is 13.7. The Bertz CT molecular complexity index is 680. The lowest BCUT2D eigenvalue weighted by molar-refractivity contribution is -0.165. The van der Waals surface area contributed by atoms with Crippen LogP contribution in [0, 0.1) is 0 Å². The van der Waals surface area contributed by atoms with Gasteiger partial charge in [-0.3, -0.25) is 14.5 Å². The fraction of sp³-hybridized carbons (Fsp3) is 0.615. The third kappa shape index (κ3) is 2.95. The maximum Gasteiger partial charge on any atom is 0.354 e. The summed E-state index contributed by atoms with van der Waals surface area (Å²) in [5, 5.41) is -1.26. The molecular weight excluding hydrogens is 330 g/mol. The number of carbonyl (C=O) groups excluding carboxylic acids is 3. The summed E-state index contributed by atoms with van der Waals surface area (Å²) >= 11 is 0. The smallest absolute Gasteiger partial charge is 0.354 e. The molecule has 0 N–H and O–H groups in total. The number of hydrogen-bond acceptors (Lipinski definition) is 8. The first-order valence-corrected chi connectivity index (χ1v) is 8.56. The number of hydrogen-bond donors (Lipinski definition) is 0. The van der Waals surface area contributed by atoms with Gasteiger partial charge in [0, 0.05) is 19.1 Å². The Balaban J connectivity index is 2.46. The molecule has 2 heterocycles. The molecule has 0 bridgehead atoms. The first-order valence-electron chi connectivity index (χ1n) is 6.84. The van der Waals surface area contributed by atoms with E-state index >= 15 is 0 Å². The predicted octanol–water partition coefficient (Wildman–Crippen LogP) is -1.02. The highest BCUT2D eigenvalue weighted by Crippen LogP contribution is 2.38. The van der Waals surface area contributed by atoms with Crippen molar-refractivity contribution in [1.82, 2.24) is 4.90 Å². The average Bonchev–Trinajstić information content (AvgIpc) is 2.48. The lowest BCUT2D eigenvalue weighted by Gasteiger charge is -2.48. The van der Waals surface area contributed by atoms with E-state index in [1.54, 1.807) is 6.92 Å². The summed E-state index contributed by atoms with van der Waals surface area (Å²) in [6.45, 7) is 2.54. The molecule has 1 fully saturated rings. The largest absolute Gasteiger partial charge is 0.464 e. The number of nitrogens with zero attached hydrogens (tertiary/aromatic N) is 1. The molecule has 0 spiro atoms. The summed E-state index contributed by atoms with van der Waals surface area (Å²) < 4.78 is 39.3. The molecule has 0 saturated carbocycles. The first-order chi connectivity index (χ1) is 10.7. The standard InChI is InChI=1S/C13H17NO8S/c1-4-21-10-11(16)14-9(13(17)20-3)8(5-22-7(2)15)6-23(18,19)12(10)14/h10,12H,4-6H2,1-3H3/t10-,12+/m0/s1. The van der Waals surface area contributed by atoms with Crippen LogP contribution in [0.5, 0.6) is 0 Å². The summed E-state index contributed by atoms with van der Waals surface area (Å²) in [7, 11) is -2.66. The van der Waals surface area contributed by atoms with Gasteiger partial charge in [-0.25, -0.2) is 13.2 Å². The summed E-state index contributed by atoms with van der Waals surface area (Å²) in [5.41, 5.74) is -0.193. The molecule has 2 rings (SSSR count). The minimum atomic E-state index is -3.78. The van der Waals surface area contributed by atoms with Crippen LogP contribution in [0.1, 0.15) is 13.8 Å². The van der Waals surface area contributed by atoms with Crippen LogP contribution >= 0.6 is 0 Å². The Kier molecular flexibility index (Phi) is 4.76. The molecule has 0 unspecified atom stereocenters. The van der Waals surface area contributed by atoms with Crippen molar-refractivity contribution in [3.05, 3.63) is 11.3 Å². The van der Waals surface area contributed by atoms with E-state index in [1.165, 1.54) is 0 Å². The second-order valence-corrected chi connectivity index (χ2v) is 7.10. The quantitative estimate of drug-likeness (QED) is 0.458. The SMILES string of the molecule is CCO[C@H]1C(=O)N2C(C(=O)OC)=C(COC(C)=O)CS(=O)(=O)[C@H]12. The summed E-state index contributed by atoms with van der Waals surface area (Å²) in [5.74, 6) is -2.65. The molecule has 2 aliphatic heterocycles. The van der Waals surface area contributed by atoms with Crippen molar-refractivity contribution in [2.45, 2.75) is 25.3 Å². The minimum absolute atomic E-state index is 0.00611. The second-order valence-electron chi connectivity index (χ2n) is 5.01. The lowest BCUT2D eigenvalue weighted by Crippen LogP contribution is -2.71. The Morgan fingerprint density at radius 1 is 1.35 bits per heavy atom. The normalized spacial score (nSPS) is 25.5.